The number of thiophene rings is 1. The summed E-state index contributed by atoms with van der Waals surface area (Å²) in [5.41, 5.74) is 3.54. The van der Waals surface area contributed by atoms with Gasteiger partial charge in [-0.05, 0) is 54.3 Å². The van der Waals surface area contributed by atoms with Crippen LogP contribution in [-0.4, -0.2) is 30.1 Å². The molecule has 0 aliphatic heterocycles. The van der Waals surface area contributed by atoms with Gasteiger partial charge in [0.2, 0.25) is 0 Å². The summed E-state index contributed by atoms with van der Waals surface area (Å²) in [6, 6.07) is 13.9. The van der Waals surface area contributed by atoms with E-state index >= 15 is 0 Å². The minimum absolute atomic E-state index is 0.107. The lowest BCUT2D eigenvalue weighted by Gasteiger charge is -2.15. The van der Waals surface area contributed by atoms with Gasteiger partial charge in [-0.25, -0.2) is 9.37 Å². The molecule has 0 fully saturated rings. The number of hydrogen-bond donors (Lipinski definition) is 1. The van der Waals surface area contributed by atoms with Crippen LogP contribution in [0.2, 0.25) is 0 Å². The maximum Gasteiger partial charge on any atom is 0.163 e. The van der Waals surface area contributed by atoms with Gasteiger partial charge in [-0.1, -0.05) is 26.0 Å². The van der Waals surface area contributed by atoms with Crippen LogP contribution >= 0.6 is 11.3 Å². The van der Waals surface area contributed by atoms with Crippen molar-refractivity contribution in [2.45, 2.75) is 38.7 Å². The van der Waals surface area contributed by atoms with Gasteiger partial charge in [0.25, 0.3) is 0 Å². The van der Waals surface area contributed by atoms with E-state index in [1.54, 1.807) is 24.3 Å². The second-order valence-electron chi connectivity index (χ2n) is 8.68. The number of aliphatic hydroxyl groups excluding tert-OH is 1. The molecule has 0 saturated heterocycles. The third kappa shape index (κ3) is 5.21. The number of benzene rings is 2. The summed E-state index contributed by atoms with van der Waals surface area (Å²) in [6.45, 7) is 4.14. The van der Waals surface area contributed by atoms with Crippen molar-refractivity contribution in [2.24, 2.45) is 0 Å². The fourth-order valence-electron chi connectivity index (χ4n) is 4.01. The van der Waals surface area contributed by atoms with E-state index in [-0.39, 0.29) is 30.4 Å². The number of rotatable bonds is 9. The number of fused-ring (bicyclic) bond motifs is 1. The van der Waals surface area contributed by atoms with Crippen molar-refractivity contribution in [3.63, 3.8) is 0 Å². The number of pyridine rings is 1. The molecule has 0 saturated carbocycles. The second kappa shape index (κ2) is 10.5. The van der Waals surface area contributed by atoms with Crippen LogP contribution in [0.3, 0.4) is 0 Å². The highest BCUT2D eigenvalue weighted by Crippen LogP contribution is 2.36. The molecule has 0 aliphatic rings. The lowest BCUT2D eigenvalue weighted by molar-refractivity contribution is 0.0937. The molecule has 0 bridgehead atoms. The smallest absolute Gasteiger partial charge is 0.163 e. The van der Waals surface area contributed by atoms with Crippen LogP contribution < -0.4 is 9.47 Å². The number of methoxy groups -OCH3 is 2. The number of nitrogens with zero attached hydrogens (tertiary/aromatic N) is 1. The van der Waals surface area contributed by atoms with Gasteiger partial charge in [-0.3, -0.25) is 4.79 Å². The van der Waals surface area contributed by atoms with Crippen LogP contribution in [0, 0.1) is 5.82 Å². The average molecular weight is 494 g/mol. The Bertz CT molecular complexity index is 1360. The van der Waals surface area contributed by atoms with Crippen LogP contribution in [0.4, 0.5) is 4.39 Å². The Labute approximate surface area is 208 Å². The highest BCUT2D eigenvalue weighted by atomic mass is 32.1. The van der Waals surface area contributed by atoms with E-state index in [1.807, 2.05) is 23.6 Å². The molecular weight excluding hydrogens is 465 g/mol. The predicted octanol–water partition coefficient (Wildman–Crippen LogP) is 6.94. The Hall–Kier alpha value is -3.29. The summed E-state index contributed by atoms with van der Waals surface area (Å²) in [4.78, 5) is 17.5. The summed E-state index contributed by atoms with van der Waals surface area (Å²) in [5.74, 6) is 0.872. The van der Waals surface area contributed by atoms with E-state index in [4.69, 9.17) is 14.5 Å². The number of ether oxygens (including phenoxy) is 2. The normalized spacial score (nSPS) is 12.2. The van der Waals surface area contributed by atoms with Gasteiger partial charge in [-0.15, -0.1) is 11.3 Å². The highest BCUT2D eigenvalue weighted by molar-refractivity contribution is 7.17. The third-order valence-corrected chi connectivity index (χ3v) is 7.06. The Kier molecular flexibility index (Phi) is 7.48. The Morgan fingerprint density at radius 1 is 1.09 bits per heavy atom. The molecule has 2 aromatic heterocycles. The Morgan fingerprint density at radius 2 is 1.86 bits per heavy atom. The standard InChI is InChI=1S/C28H28FNO4S/c1-16(2)18-12-22(20-15-35-28-19(20)6-5-7-21(28)29)30-23(13-18)25(32)10-9-24(31)17-8-11-26(33-3)27(14-17)34-4/h5-8,11-16,25,32H,9-10H2,1-4H3. The molecule has 2 aromatic carbocycles. The van der Waals surface area contributed by atoms with Crippen molar-refractivity contribution < 1.29 is 23.8 Å². The van der Waals surface area contributed by atoms with E-state index in [1.165, 1.54) is 31.6 Å². The van der Waals surface area contributed by atoms with Crippen LogP contribution in [0.15, 0.2) is 53.9 Å². The number of aliphatic hydroxyl groups is 1. The van der Waals surface area contributed by atoms with Gasteiger partial charge in [0.1, 0.15) is 5.82 Å². The molecule has 2 heterocycles. The predicted molar refractivity (Wildman–Crippen MR) is 137 cm³/mol. The van der Waals surface area contributed by atoms with E-state index in [9.17, 15) is 14.3 Å². The molecule has 4 rings (SSSR count). The highest BCUT2D eigenvalue weighted by Gasteiger charge is 2.19. The van der Waals surface area contributed by atoms with Gasteiger partial charge >= 0.3 is 0 Å². The molecule has 182 valence electrons. The summed E-state index contributed by atoms with van der Waals surface area (Å²) in [5, 5.41) is 13.7. The molecule has 1 unspecified atom stereocenters. The first-order valence-electron chi connectivity index (χ1n) is 11.4. The number of carbonyl (C=O) groups is 1. The van der Waals surface area contributed by atoms with Gasteiger partial charge < -0.3 is 14.6 Å². The van der Waals surface area contributed by atoms with Crippen molar-refractivity contribution in [3.05, 3.63) is 76.5 Å². The fraction of sp³-hybridized carbons (Fsp3) is 0.286. The van der Waals surface area contributed by atoms with Crippen molar-refractivity contribution in [1.82, 2.24) is 4.98 Å². The average Bonchev–Trinajstić information content (AvgIpc) is 3.31. The first kappa shape index (κ1) is 24.8. The van der Waals surface area contributed by atoms with Crippen LogP contribution in [0.5, 0.6) is 11.5 Å². The molecule has 1 N–H and O–H groups in total. The first-order chi connectivity index (χ1) is 16.8. The summed E-state index contributed by atoms with van der Waals surface area (Å²) in [7, 11) is 3.06. The van der Waals surface area contributed by atoms with Crippen LogP contribution in [-0.2, 0) is 0 Å². The molecule has 0 amide bonds. The number of halogens is 1. The summed E-state index contributed by atoms with van der Waals surface area (Å²) < 4.78 is 25.3. The number of aromatic nitrogens is 1. The van der Waals surface area contributed by atoms with Crippen molar-refractivity contribution in [2.75, 3.05) is 14.2 Å². The van der Waals surface area contributed by atoms with Gasteiger partial charge in [-0.2, -0.15) is 0 Å². The first-order valence-corrected chi connectivity index (χ1v) is 12.3. The summed E-state index contributed by atoms with van der Waals surface area (Å²) in [6.07, 6.45) is -0.551. The molecule has 0 spiro atoms. The van der Waals surface area contributed by atoms with Crippen molar-refractivity contribution in [1.29, 1.82) is 0 Å². The molecule has 35 heavy (non-hydrogen) atoms. The lowest BCUT2D eigenvalue weighted by atomic mass is 9.97. The van der Waals surface area contributed by atoms with E-state index in [0.29, 0.717) is 33.2 Å². The Balaban J connectivity index is 1.59. The Morgan fingerprint density at radius 3 is 2.57 bits per heavy atom. The van der Waals surface area contributed by atoms with E-state index in [0.717, 1.165) is 16.5 Å². The minimum Gasteiger partial charge on any atom is -0.493 e. The molecule has 0 aliphatic carbocycles. The maximum atomic E-state index is 14.2. The van der Waals surface area contributed by atoms with Crippen LogP contribution in [0.1, 0.15) is 60.3 Å². The number of Topliss-reactive ketones (excluding diaryl/α,β-unsaturated/α-hetero) is 1. The fourth-order valence-corrected chi connectivity index (χ4v) is 4.98. The zero-order valence-electron chi connectivity index (χ0n) is 20.2. The topological polar surface area (TPSA) is 68.7 Å². The molecule has 4 aromatic rings. The quantitative estimate of drug-likeness (QED) is 0.256. The number of hydrogen-bond acceptors (Lipinski definition) is 6. The third-order valence-electron chi connectivity index (χ3n) is 6.05. The lowest BCUT2D eigenvalue weighted by Crippen LogP contribution is -2.07. The largest absolute Gasteiger partial charge is 0.493 e. The van der Waals surface area contributed by atoms with Gasteiger partial charge in [0.05, 0.1) is 36.4 Å². The molecule has 1 atom stereocenters. The second-order valence-corrected chi connectivity index (χ2v) is 9.56. The monoisotopic (exact) mass is 493 g/mol. The molecular formula is C28H28FNO4S. The van der Waals surface area contributed by atoms with Gasteiger partial charge in [0, 0.05) is 28.3 Å². The van der Waals surface area contributed by atoms with E-state index < -0.39 is 6.10 Å². The van der Waals surface area contributed by atoms with Crippen molar-refractivity contribution in [3.8, 4) is 22.8 Å². The molecule has 5 nitrogen and oxygen atoms in total. The maximum absolute atomic E-state index is 14.2. The van der Waals surface area contributed by atoms with Gasteiger partial charge in [0.15, 0.2) is 17.3 Å². The van der Waals surface area contributed by atoms with Crippen LogP contribution in [0.25, 0.3) is 21.3 Å². The molecule has 0 radical (unpaired) electrons. The number of carbonyl (C=O) groups excluding carboxylic acids is 1. The minimum atomic E-state index is -0.918. The summed E-state index contributed by atoms with van der Waals surface area (Å²) >= 11 is 1.34. The van der Waals surface area contributed by atoms with Crippen molar-refractivity contribution >= 4 is 27.2 Å². The van der Waals surface area contributed by atoms with E-state index in [2.05, 4.69) is 13.8 Å². The SMILES string of the molecule is COc1ccc(C(=O)CCC(O)c2cc(C(C)C)cc(-c3csc4c(F)cccc34)n2)cc1OC. The number of ketones is 1. The molecule has 7 heteroatoms. The zero-order chi connectivity index (χ0) is 25.1. The zero-order valence-corrected chi connectivity index (χ0v) is 21.0.